The molecule has 0 bridgehead atoms. The molecule has 0 fully saturated rings. The normalized spacial score (nSPS) is 14.3. The third kappa shape index (κ3) is 5.45. The summed E-state index contributed by atoms with van der Waals surface area (Å²) in [5.41, 5.74) is 21.8. The van der Waals surface area contributed by atoms with Crippen LogP contribution in [0.1, 0.15) is 22.3 Å². The Hall–Kier alpha value is -8.72. The number of benzene rings is 11. The zero-order valence-corrected chi connectivity index (χ0v) is 36.6. The molecule has 0 N–H and O–H groups in total. The number of rotatable bonds is 6. The summed E-state index contributed by atoms with van der Waals surface area (Å²) in [6, 6.07) is 94.2. The predicted octanol–water partition coefficient (Wildman–Crippen LogP) is 17.1. The lowest BCUT2D eigenvalue weighted by Gasteiger charge is -2.32. The molecule has 2 nitrogen and oxygen atoms in total. The van der Waals surface area contributed by atoms with E-state index in [2.05, 4.69) is 264 Å². The maximum atomic E-state index is 2.48. The highest BCUT2D eigenvalue weighted by molar-refractivity contribution is 6.11. The molecule has 2 heteroatoms. The van der Waals surface area contributed by atoms with Gasteiger partial charge in [0.2, 0.25) is 0 Å². The molecule has 2 aliphatic rings. The zero-order chi connectivity index (χ0) is 44.1. The predicted molar refractivity (Wildman–Crippen MR) is 280 cm³/mol. The van der Waals surface area contributed by atoms with E-state index in [0.29, 0.717) is 0 Å². The fourth-order valence-electron chi connectivity index (χ4n) is 11.8. The molecule has 1 unspecified atom stereocenters. The third-order valence-corrected chi connectivity index (χ3v) is 14.6. The molecule has 0 radical (unpaired) electrons. The smallest absolute Gasteiger partial charge is 0.0726 e. The van der Waals surface area contributed by atoms with Gasteiger partial charge in [-0.1, -0.05) is 194 Å². The van der Waals surface area contributed by atoms with Crippen LogP contribution in [0, 0.1) is 0 Å². The highest BCUT2D eigenvalue weighted by Crippen LogP contribution is 2.65. The van der Waals surface area contributed by atoms with Gasteiger partial charge in [-0.3, -0.25) is 0 Å². The SMILES string of the molecule is c1ccc(-c2ccc(N(c3ccc(-c4ccc5c(c4)c4ccccc4n5-c4ccccc4)cc3)c3cccc4c3-c3ccccc3C43c4ccccc4-c4c3ccc3ccccc43)cc2)cc1. The third-order valence-electron chi connectivity index (χ3n) is 14.6. The van der Waals surface area contributed by atoms with Gasteiger partial charge < -0.3 is 9.47 Å². The maximum absolute atomic E-state index is 2.48. The van der Waals surface area contributed by atoms with Gasteiger partial charge in [0.05, 0.1) is 22.1 Å². The number of aromatic nitrogens is 1. The molecule has 67 heavy (non-hydrogen) atoms. The van der Waals surface area contributed by atoms with Gasteiger partial charge in [-0.25, -0.2) is 0 Å². The van der Waals surface area contributed by atoms with Gasteiger partial charge in [0.15, 0.2) is 0 Å². The van der Waals surface area contributed by atoms with Gasteiger partial charge in [0, 0.05) is 33.4 Å². The van der Waals surface area contributed by atoms with Crippen LogP contribution in [-0.2, 0) is 5.41 Å². The average molecular weight is 851 g/mol. The summed E-state index contributed by atoms with van der Waals surface area (Å²) in [7, 11) is 0. The lowest BCUT2D eigenvalue weighted by Crippen LogP contribution is -2.26. The van der Waals surface area contributed by atoms with Gasteiger partial charge in [-0.15, -0.1) is 0 Å². The molecule has 0 saturated carbocycles. The second kappa shape index (κ2) is 14.7. The zero-order valence-electron chi connectivity index (χ0n) is 36.6. The molecule has 12 aromatic rings. The Morgan fingerprint density at radius 2 is 0.836 bits per heavy atom. The van der Waals surface area contributed by atoms with Crippen LogP contribution in [0.3, 0.4) is 0 Å². The van der Waals surface area contributed by atoms with Crippen LogP contribution in [0.2, 0.25) is 0 Å². The van der Waals surface area contributed by atoms with Gasteiger partial charge in [0.1, 0.15) is 0 Å². The Balaban J connectivity index is 0.959. The monoisotopic (exact) mass is 850 g/mol. The molecule has 0 amide bonds. The van der Waals surface area contributed by atoms with E-state index >= 15 is 0 Å². The number of fused-ring (bicyclic) bond motifs is 15. The second-order valence-corrected chi connectivity index (χ2v) is 18.0. The Morgan fingerprint density at radius 3 is 1.57 bits per heavy atom. The van der Waals surface area contributed by atoms with Crippen LogP contribution in [0.15, 0.2) is 255 Å². The summed E-state index contributed by atoms with van der Waals surface area (Å²) >= 11 is 0. The molecule has 0 aliphatic heterocycles. The average Bonchev–Trinajstić information content (AvgIpc) is 4.02. The van der Waals surface area contributed by atoms with Crippen LogP contribution < -0.4 is 4.90 Å². The number of anilines is 3. The van der Waals surface area contributed by atoms with E-state index in [1.54, 1.807) is 0 Å². The summed E-state index contributed by atoms with van der Waals surface area (Å²) in [5.74, 6) is 0. The highest BCUT2D eigenvalue weighted by Gasteiger charge is 2.52. The van der Waals surface area contributed by atoms with E-state index < -0.39 is 5.41 Å². The molecule has 1 aromatic heterocycles. The highest BCUT2D eigenvalue weighted by atomic mass is 15.1. The summed E-state index contributed by atoms with van der Waals surface area (Å²) in [4.78, 5) is 2.48. The number of para-hydroxylation sites is 2. The minimum atomic E-state index is -0.479. The Kier molecular flexibility index (Phi) is 8.23. The number of nitrogens with zero attached hydrogens (tertiary/aromatic N) is 2. The van der Waals surface area contributed by atoms with Gasteiger partial charge in [0.25, 0.3) is 0 Å². The minimum absolute atomic E-state index is 0.479. The first kappa shape index (κ1) is 37.6. The molecule has 1 atom stereocenters. The van der Waals surface area contributed by atoms with Crippen molar-refractivity contribution in [3.63, 3.8) is 0 Å². The van der Waals surface area contributed by atoms with Crippen molar-refractivity contribution in [2.75, 3.05) is 4.90 Å². The molecular weight excluding hydrogens is 809 g/mol. The molecule has 312 valence electrons. The topological polar surface area (TPSA) is 8.17 Å². The van der Waals surface area contributed by atoms with Crippen LogP contribution in [0.4, 0.5) is 17.1 Å². The van der Waals surface area contributed by atoms with Crippen molar-refractivity contribution in [2.24, 2.45) is 0 Å². The molecular formula is C65H42N2. The van der Waals surface area contributed by atoms with E-state index in [4.69, 9.17) is 0 Å². The van der Waals surface area contributed by atoms with Crippen molar-refractivity contribution in [3.8, 4) is 50.2 Å². The van der Waals surface area contributed by atoms with Gasteiger partial charge in [-0.2, -0.15) is 0 Å². The van der Waals surface area contributed by atoms with Gasteiger partial charge in [-0.05, 0) is 133 Å². The Morgan fingerprint density at radius 1 is 0.313 bits per heavy atom. The molecule has 1 spiro atoms. The van der Waals surface area contributed by atoms with Crippen LogP contribution in [0.25, 0.3) is 82.8 Å². The molecule has 14 rings (SSSR count). The largest absolute Gasteiger partial charge is 0.310 e. The van der Waals surface area contributed by atoms with E-state index in [-0.39, 0.29) is 0 Å². The maximum Gasteiger partial charge on any atom is 0.0726 e. The summed E-state index contributed by atoms with van der Waals surface area (Å²) in [6.07, 6.45) is 0. The first-order valence-corrected chi connectivity index (χ1v) is 23.3. The molecule has 11 aromatic carbocycles. The van der Waals surface area contributed by atoms with E-state index in [1.807, 2.05) is 0 Å². The van der Waals surface area contributed by atoms with Crippen molar-refractivity contribution in [1.82, 2.24) is 4.57 Å². The summed E-state index contributed by atoms with van der Waals surface area (Å²) < 4.78 is 2.38. The fourth-order valence-corrected chi connectivity index (χ4v) is 11.8. The fraction of sp³-hybridized carbons (Fsp3) is 0.0154. The first-order chi connectivity index (χ1) is 33.3. The quantitative estimate of drug-likeness (QED) is 0.162. The van der Waals surface area contributed by atoms with Crippen molar-refractivity contribution in [3.05, 3.63) is 277 Å². The summed E-state index contributed by atoms with van der Waals surface area (Å²) in [6.45, 7) is 0. The van der Waals surface area contributed by atoms with E-state index in [1.165, 1.54) is 105 Å². The van der Waals surface area contributed by atoms with E-state index in [9.17, 15) is 0 Å². The first-order valence-electron chi connectivity index (χ1n) is 23.3. The van der Waals surface area contributed by atoms with Crippen molar-refractivity contribution in [1.29, 1.82) is 0 Å². The number of hydrogen-bond acceptors (Lipinski definition) is 1. The van der Waals surface area contributed by atoms with Crippen LogP contribution in [-0.4, -0.2) is 4.57 Å². The molecule has 2 aliphatic carbocycles. The van der Waals surface area contributed by atoms with Crippen molar-refractivity contribution >= 4 is 49.6 Å². The lowest BCUT2D eigenvalue weighted by molar-refractivity contribution is 0.794. The minimum Gasteiger partial charge on any atom is -0.310 e. The Bertz CT molecular complexity index is 3900. The van der Waals surface area contributed by atoms with Crippen molar-refractivity contribution in [2.45, 2.75) is 5.41 Å². The van der Waals surface area contributed by atoms with Crippen molar-refractivity contribution < 1.29 is 0 Å². The standard InChI is InChI=1S/C65H42N2/c1-3-16-43(17-4-1)44-30-36-49(37-31-44)66(50-38-32-45(33-39-50)47-35-41-61-55(42-47)52-22-11-14-28-60(52)67(61)48-19-5-2-6-20-48)62-29-15-27-58-64(62)54-24-10-13-26-57(54)65(58)56-25-12-9-23-53(56)63-51-21-8-7-18-46(51)34-40-59(63)65/h1-42H. The second-order valence-electron chi connectivity index (χ2n) is 18.0. The van der Waals surface area contributed by atoms with E-state index in [0.717, 1.165) is 17.1 Å². The Labute approximate surface area is 389 Å². The number of hydrogen-bond donors (Lipinski definition) is 0. The lowest BCUT2D eigenvalue weighted by atomic mass is 9.70. The summed E-state index contributed by atoms with van der Waals surface area (Å²) in [5, 5.41) is 5.06. The van der Waals surface area contributed by atoms with Gasteiger partial charge >= 0.3 is 0 Å². The molecule has 1 heterocycles. The van der Waals surface area contributed by atoms with Crippen LogP contribution in [0.5, 0.6) is 0 Å². The molecule has 0 saturated heterocycles. The van der Waals surface area contributed by atoms with Crippen LogP contribution >= 0.6 is 0 Å².